The van der Waals surface area contributed by atoms with Gasteiger partial charge in [0.05, 0.1) is 11.3 Å². The van der Waals surface area contributed by atoms with Crippen LogP contribution in [0.4, 0.5) is 11.4 Å². The number of benzene rings is 1. The van der Waals surface area contributed by atoms with Crippen molar-refractivity contribution in [3.63, 3.8) is 0 Å². The minimum absolute atomic E-state index is 0.356. The number of anilines is 2. The van der Waals surface area contributed by atoms with Gasteiger partial charge in [0.15, 0.2) is 6.29 Å². The third-order valence-corrected chi connectivity index (χ3v) is 3.54. The van der Waals surface area contributed by atoms with Crippen LogP contribution in [0.25, 0.3) is 0 Å². The second-order valence-corrected chi connectivity index (χ2v) is 5.26. The second kappa shape index (κ2) is 7.71. The maximum atomic E-state index is 12.3. The molecule has 0 bridgehead atoms. The Labute approximate surface area is 134 Å². The fourth-order valence-electron chi connectivity index (χ4n) is 2.34. The van der Waals surface area contributed by atoms with Crippen LogP contribution in [-0.4, -0.2) is 23.8 Å². The molecule has 1 saturated heterocycles. The maximum absolute atomic E-state index is 12.3. The van der Waals surface area contributed by atoms with Crippen LogP contribution in [0.5, 0.6) is 0 Å². The molecule has 1 fully saturated rings. The summed E-state index contributed by atoms with van der Waals surface area (Å²) in [5.74, 6) is -0.356. The summed E-state index contributed by atoms with van der Waals surface area (Å²) in [4.78, 5) is 21.7. The molecule has 6 nitrogen and oxygen atoms in total. The first-order valence-electron chi connectivity index (χ1n) is 7.66. The quantitative estimate of drug-likeness (QED) is 0.830. The van der Waals surface area contributed by atoms with Gasteiger partial charge in [0.2, 0.25) is 0 Å². The minimum Gasteiger partial charge on any atom is -0.355 e. The number of para-hydroxylation sites is 1. The Bertz CT molecular complexity index is 643. The molecule has 0 aliphatic carbocycles. The van der Waals surface area contributed by atoms with Gasteiger partial charge in [-0.3, -0.25) is 9.78 Å². The van der Waals surface area contributed by atoms with Gasteiger partial charge < -0.3 is 10.1 Å². The lowest BCUT2D eigenvalue weighted by Crippen LogP contribution is -2.33. The average Bonchev–Trinajstić information content (AvgIpc) is 2.62. The molecule has 1 unspecified atom stereocenters. The van der Waals surface area contributed by atoms with Crippen LogP contribution >= 0.6 is 0 Å². The average molecular weight is 313 g/mol. The minimum atomic E-state index is -0.380. The Morgan fingerprint density at radius 2 is 2.09 bits per heavy atom. The third kappa shape index (κ3) is 4.28. The number of amides is 1. The van der Waals surface area contributed by atoms with Crippen LogP contribution in [-0.2, 0) is 9.57 Å². The smallest absolute Gasteiger partial charge is 0.278 e. The zero-order valence-electron chi connectivity index (χ0n) is 12.7. The van der Waals surface area contributed by atoms with Gasteiger partial charge in [-0.2, -0.15) is 0 Å². The number of carbonyl (C=O) groups excluding carboxylic acids is 1. The van der Waals surface area contributed by atoms with Gasteiger partial charge in [-0.15, -0.1) is 0 Å². The summed E-state index contributed by atoms with van der Waals surface area (Å²) in [6.45, 7) is 0.661. The van der Waals surface area contributed by atoms with Crippen molar-refractivity contribution in [3.8, 4) is 0 Å². The van der Waals surface area contributed by atoms with Gasteiger partial charge >= 0.3 is 0 Å². The fraction of sp³-hybridized carbons (Fsp3) is 0.294. The highest BCUT2D eigenvalue weighted by Crippen LogP contribution is 2.20. The predicted octanol–water partition coefficient (Wildman–Crippen LogP) is 3.01. The Kier molecular flexibility index (Phi) is 5.18. The number of ether oxygens (including phenoxy) is 1. The molecule has 1 atom stereocenters. The van der Waals surface area contributed by atoms with E-state index in [1.807, 2.05) is 30.3 Å². The van der Waals surface area contributed by atoms with E-state index < -0.39 is 0 Å². The molecule has 1 aromatic carbocycles. The van der Waals surface area contributed by atoms with Crippen LogP contribution in [0, 0.1) is 0 Å². The number of hydrogen-bond acceptors (Lipinski definition) is 5. The lowest BCUT2D eigenvalue weighted by molar-refractivity contribution is -0.186. The Balaban J connectivity index is 1.65. The molecule has 6 heteroatoms. The van der Waals surface area contributed by atoms with Crippen molar-refractivity contribution < 1.29 is 14.4 Å². The van der Waals surface area contributed by atoms with Crippen molar-refractivity contribution in [1.82, 2.24) is 10.5 Å². The zero-order chi connectivity index (χ0) is 15.9. The molecule has 0 saturated carbocycles. The number of hydroxylamine groups is 1. The van der Waals surface area contributed by atoms with Crippen LogP contribution < -0.4 is 10.8 Å². The SMILES string of the molecule is O=C(NOC1CCCCO1)c1cnccc1Nc1ccccc1. The van der Waals surface area contributed by atoms with E-state index in [0.29, 0.717) is 17.9 Å². The summed E-state index contributed by atoms with van der Waals surface area (Å²) < 4.78 is 5.42. The fourth-order valence-corrected chi connectivity index (χ4v) is 2.34. The van der Waals surface area contributed by atoms with Crippen LogP contribution in [0.3, 0.4) is 0 Å². The van der Waals surface area contributed by atoms with Crippen molar-refractivity contribution in [2.24, 2.45) is 0 Å². The topological polar surface area (TPSA) is 72.5 Å². The molecule has 1 aromatic heterocycles. The molecule has 0 spiro atoms. The highest BCUT2D eigenvalue weighted by molar-refractivity contribution is 5.99. The lowest BCUT2D eigenvalue weighted by Gasteiger charge is -2.22. The molecule has 120 valence electrons. The molecule has 0 radical (unpaired) electrons. The van der Waals surface area contributed by atoms with Crippen LogP contribution in [0.2, 0.25) is 0 Å². The number of rotatable bonds is 5. The van der Waals surface area contributed by atoms with Crippen LogP contribution in [0.15, 0.2) is 48.8 Å². The number of carbonyl (C=O) groups is 1. The molecule has 2 N–H and O–H groups in total. The number of nitrogens with one attached hydrogen (secondary N) is 2. The summed E-state index contributed by atoms with van der Waals surface area (Å²) >= 11 is 0. The molecule has 1 aliphatic heterocycles. The summed E-state index contributed by atoms with van der Waals surface area (Å²) in [5.41, 5.74) is 4.42. The second-order valence-electron chi connectivity index (χ2n) is 5.26. The highest BCUT2D eigenvalue weighted by Gasteiger charge is 2.18. The van der Waals surface area contributed by atoms with Gasteiger partial charge in [0.25, 0.3) is 5.91 Å². The Morgan fingerprint density at radius 1 is 1.22 bits per heavy atom. The largest absolute Gasteiger partial charge is 0.355 e. The van der Waals surface area contributed by atoms with Crippen molar-refractivity contribution >= 4 is 17.3 Å². The number of nitrogens with zero attached hydrogens (tertiary/aromatic N) is 1. The first-order chi connectivity index (χ1) is 11.3. The van der Waals surface area contributed by atoms with E-state index in [1.54, 1.807) is 12.3 Å². The highest BCUT2D eigenvalue weighted by atomic mass is 16.8. The van der Waals surface area contributed by atoms with Crippen molar-refractivity contribution in [3.05, 3.63) is 54.4 Å². The van der Waals surface area contributed by atoms with Gasteiger partial charge in [-0.25, -0.2) is 10.3 Å². The molecule has 2 heterocycles. The maximum Gasteiger partial charge on any atom is 0.278 e. The monoisotopic (exact) mass is 313 g/mol. The Hall–Kier alpha value is -2.44. The molecular formula is C17H19N3O3. The standard InChI is InChI=1S/C17H19N3O3/c21-17(20-23-16-8-4-5-11-22-16)14-12-18-10-9-15(14)19-13-6-2-1-3-7-13/h1-3,6-7,9-10,12,16H,4-5,8,11H2,(H,18,19)(H,20,21). The summed E-state index contributed by atoms with van der Waals surface area (Å²) in [6, 6.07) is 11.4. The summed E-state index contributed by atoms with van der Waals surface area (Å²) in [6.07, 6.45) is 5.60. The van der Waals surface area contributed by atoms with Crippen molar-refractivity contribution in [1.29, 1.82) is 0 Å². The number of hydrogen-bond donors (Lipinski definition) is 2. The normalized spacial score (nSPS) is 17.5. The first kappa shape index (κ1) is 15.5. The van der Waals surface area contributed by atoms with E-state index in [-0.39, 0.29) is 12.2 Å². The summed E-state index contributed by atoms with van der Waals surface area (Å²) in [7, 11) is 0. The van der Waals surface area contributed by atoms with E-state index in [2.05, 4.69) is 15.8 Å². The molecular weight excluding hydrogens is 294 g/mol. The van der Waals surface area contributed by atoms with E-state index in [9.17, 15) is 4.79 Å². The summed E-state index contributed by atoms with van der Waals surface area (Å²) in [5, 5.41) is 3.20. The third-order valence-electron chi connectivity index (χ3n) is 3.54. The van der Waals surface area contributed by atoms with Crippen LogP contribution in [0.1, 0.15) is 29.6 Å². The molecule has 3 rings (SSSR count). The van der Waals surface area contributed by atoms with E-state index in [0.717, 1.165) is 24.9 Å². The van der Waals surface area contributed by atoms with Gasteiger partial charge in [-0.05, 0) is 31.0 Å². The van der Waals surface area contributed by atoms with E-state index in [1.165, 1.54) is 6.20 Å². The number of pyridine rings is 1. The molecule has 2 aromatic rings. The zero-order valence-corrected chi connectivity index (χ0v) is 12.7. The molecule has 1 amide bonds. The number of aromatic nitrogens is 1. The van der Waals surface area contributed by atoms with E-state index >= 15 is 0 Å². The molecule has 1 aliphatic rings. The first-order valence-corrected chi connectivity index (χ1v) is 7.66. The van der Waals surface area contributed by atoms with Gasteiger partial charge in [-0.1, -0.05) is 18.2 Å². The van der Waals surface area contributed by atoms with E-state index in [4.69, 9.17) is 9.57 Å². The predicted molar refractivity (Wildman–Crippen MR) is 86.1 cm³/mol. The van der Waals surface area contributed by atoms with Crippen molar-refractivity contribution in [2.45, 2.75) is 25.6 Å². The molecule has 23 heavy (non-hydrogen) atoms. The lowest BCUT2D eigenvalue weighted by atomic mass is 10.2. The van der Waals surface area contributed by atoms with Gasteiger partial charge in [0, 0.05) is 31.1 Å². The van der Waals surface area contributed by atoms with Crippen molar-refractivity contribution in [2.75, 3.05) is 11.9 Å². The Morgan fingerprint density at radius 3 is 2.87 bits per heavy atom. The van der Waals surface area contributed by atoms with Gasteiger partial charge in [0.1, 0.15) is 0 Å².